The predicted molar refractivity (Wildman–Crippen MR) is 98.6 cm³/mol. The Morgan fingerprint density at radius 3 is 1.90 bits per heavy atom. The van der Waals surface area contributed by atoms with Gasteiger partial charge in [0.2, 0.25) is 0 Å². The summed E-state index contributed by atoms with van der Waals surface area (Å²) in [6.45, 7) is 22.6. The first-order valence-electron chi connectivity index (χ1n) is 8.02. The molecule has 3 atom stereocenters. The van der Waals surface area contributed by atoms with Crippen LogP contribution in [-0.4, -0.2) is 34.2 Å². The minimum atomic E-state index is -1.74. The highest BCUT2D eigenvalue weighted by Crippen LogP contribution is 2.37. The zero-order valence-corrected chi connectivity index (χ0v) is 17.8. The zero-order chi connectivity index (χ0) is 17.1. The molecule has 1 N–H and O–H groups in total. The molecule has 4 heteroatoms. The van der Waals surface area contributed by atoms with E-state index in [9.17, 15) is 5.11 Å². The molecule has 124 valence electrons. The number of aliphatic hydroxyl groups is 1. The van der Waals surface area contributed by atoms with Gasteiger partial charge in [0.25, 0.3) is 0 Å². The van der Waals surface area contributed by atoms with Crippen molar-refractivity contribution in [1.29, 1.82) is 0 Å². The number of aliphatic hydroxyl groups excluding tert-OH is 1. The van der Waals surface area contributed by atoms with E-state index in [0.717, 1.165) is 0 Å². The molecule has 0 saturated carbocycles. The highest BCUT2D eigenvalue weighted by Gasteiger charge is 2.37. The molecule has 0 heterocycles. The summed E-state index contributed by atoms with van der Waals surface area (Å²) in [6.07, 6.45) is -0.418. The fourth-order valence-electron chi connectivity index (χ4n) is 1.56. The third-order valence-electron chi connectivity index (χ3n) is 4.28. The second kappa shape index (κ2) is 7.45. The Morgan fingerprint density at radius 1 is 1.05 bits per heavy atom. The zero-order valence-electron chi connectivity index (χ0n) is 15.8. The molecular formula is C17H36O2Si2. The maximum Gasteiger partial charge on any atom is 0.191 e. The molecule has 0 amide bonds. The Bertz CT molecular complexity index is 380. The third kappa shape index (κ3) is 7.64. The van der Waals surface area contributed by atoms with E-state index in [1.54, 1.807) is 0 Å². The molecule has 0 bridgehead atoms. The van der Waals surface area contributed by atoms with Gasteiger partial charge < -0.3 is 9.53 Å². The summed E-state index contributed by atoms with van der Waals surface area (Å²) in [4.78, 5) is 0. The van der Waals surface area contributed by atoms with Crippen molar-refractivity contribution < 1.29 is 9.53 Å². The van der Waals surface area contributed by atoms with E-state index in [-0.39, 0.29) is 16.9 Å². The molecule has 0 aromatic rings. The van der Waals surface area contributed by atoms with Crippen molar-refractivity contribution in [2.24, 2.45) is 11.8 Å². The highest BCUT2D eigenvalue weighted by molar-refractivity contribution is 6.83. The van der Waals surface area contributed by atoms with E-state index < -0.39 is 22.5 Å². The summed E-state index contributed by atoms with van der Waals surface area (Å²) in [5, 5.41) is 10.6. The number of hydrogen-bond donors (Lipinski definition) is 1. The van der Waals surface area contributed by atoms with Crippen LogP contribution in [0.2, 0.25) is 37.8 Å². The van der Waals surface area contributed by atoms with Gasteiger partial charge in [0.1, 0.15) is 8.07 Å². The van der Waals surface area contributed by atoms with Gasteiger partial charge in [0.05, 0.1) is 6.10 Å². The van der Waals surface area contributed by atoms with Crippen molar-refractivity contribution in [3.05, 3.63) is 0 Å². The standard InChI is InChI=1S/C17H36O2Si2/c1-14(11-12-20(6,7)8)16(18)15(2)13-19-21(9,10)17(3,4)5/h14-16,18H,13H2,1-10H3/t14-,15+,16-/m0/s1. The van der Waals surface area contributed by atoms with E-state index in [0.29, 0.717) is 6.61 Å². The molecule has 0 saturated heterocycles. The Balaban J connectivity index is 4.59. The second-order valence-corrected chi connectivity index (χ2v) is 18.4. The molecule has 0 spiro atoms. The lowest BCUT2D eigenvalue weighted by Gasteiger charge is -2.37. The monoisotopic (exact) mass is 328 g/mol. The predicted octanol–water partition coefficient (Wildman–Crippen LogP) is 4.52. The molecule has 0 rings (SSSR count). The Labute approximate surface area is 134 Å². The number of rotatable bonds is 5. The largest absolute Gasteiger partial charge is 0.416 e. The van der Waals surface area contributed by atoms with E-state index >= 15 is 0 Å². The first kappa shape index (κ1) is 20.9. The minimum Gasteiger partial charge on any atom is -0.416 e. The van der Waals surface area contributed by atoms with E-state index in [1.807, 2.05) is 6.92 Å². The van der Waals surface area contributed by atoms with Gasteiger partial charge in [0, 0.05) is 18.4 Å². The number of hydrogen-bond acceptors (Lipinski definition) is 2. The fraction of sp³-hybridized carbons (Fsp3) is 0.882. The fourth-order valence-corrected chi connectivity index (χ4v) is 3.34. The summed E-state index contributed by atoms with van der Waals surface area (Å²) in [6, 6.07) is 0. The van der Waals surface area contributed by atoms with Crippen molar-refractivity contribution in [2.75, 3.05) is 6.61 Å². The molecule has 0 aliphatic carbocycles. The van der Waals surface area contributed by atoms with Gasteiger partial charge in [-0.15, -0.1) is 11.5 Å². The van der Waals surface area contributed by atoms with Crippen molar-refractivity contribution >= 4 is 16.4 Å². The summed E-state index contributed by atoms with van der Waals surface area (Å²) >= 11 is 0. The average Bonchev–Trinajstić information content (AvgIpc) is 2.29. The van der Waals surface area contributed by atoms with Crippen LogP contribution in [0.4, 0.5) is 0 Å². The van der Waals surface area contributed by atoms with Gasteiger partial charge in [0.15, 0.2) is 8.32 Å². The summed E-state index contributed by atoms with van der Waals surface area (Å²) in [5.74, 6) is 3.37. The molecular weight excluding hydrogens is 292 g/mol. The third-order valence-corrected chi connectivity index (χ3v) is 9.68. The maximum absolute atomic E-state index is 10.4. The molecule has 0 aromatic heterocycles. The molecule has 0 fully saturated rings. The van der Waals surface area contributed by atoms with E-state index in [4.69, 9.17) is 4.43 Å². The van der Waals surface area contributed by atoms with Gasteiger partial charge >= 0.3 is 0 Å². The van der Waals surface area contributed by atoms with Crippen LogP contribution >= 0.6 is 0 Å². The van der Waals surface area contributed by atoms with Crippen molar-refractivity contribution in [1.82, 2.24) is 0 Å². The van der Waals surface area contributed by atoms with Crippen LogP contribution < -0.4 is 0 Å². The van der Waals surface area contributed by atoms with Crippen LogP contribution in [0, 0.1) is 23.3 Å². The van der Waals surface area contributed by atoms with Crippen LogP contribution in [0.3, 0.4) is 0 Å². The van der Waals surface area contributed by atoms with E-state index in [2.05, 4.69) is 71.9 Å². The Kier molecular flexibility index (Phi) is 7.42. The van der Waals surface area contributed by atoms with Gasteiger partial charge in [-0.05, 0) is 25.1 Å². The van der Waals surface area contributed by atoms with Crippen LogP contribution in [0.25, 0.3) is 0 Å². The summed E-state index contributed by atoms with van der Waals surface area (Å²) in [7, 11) is -3.11. The lowest BCUT2D eigenvalue weighted by atomic mass is 9.95. The van der Waals surface area contributed by atoms with Crippen LogP contribution in [-0.2, 0) is 4.43 Å². The molecule has 0 aliphatic heterocycles. The first-order chi connectivity index (χ1) is 9.17. The molecule has 0 aromatic carbocycles. The molecule has 0 radical (unpaired) electrons. The second-order valence-electron chi connectivity index (χ2n) is 8.85. The maximum atomic E-state index is 10.4. The molecule has 21 heavy (non-hydrogen) atoms. The van der Waals surface area contributed by atoms with Crippen molar-refractivity contribution in [3.8, 4) is 11.5 Å². The van der Waals surface area contributed by atoms with Crippen LogP contribution in [0.15, 0.2) is 0 Å². The van der Waals surface area contributed by atoms with Crippen LogP contribution in [0.5, 0.6) is 0 Å². The van der Waals surface area contributed by atoms with Crippen molar-refractivity contribution in [2.45, 2.75) is 78.5 Å². The van der Waals surface area contributed by atoms with Gasteiger partial charge in [-0.1, -0.05) is 47.3 Å². The molecule has 0 aliphatic rings. The lowest BCUT2D eigenvalue weighted by molar-refractivity contribution is 0.0566. The first-order valence-corrected chi connectivity index (χ1v) is 14.4. The summed E-state index contributed by atoms with van der Waals surface area (Å²) in [5.41, 5.74) is 3.35. The van der Waals surface area contributed by atoms with Gasteiger partial charge in [-0.2, -0.15) is 0 Å². The Hall–Kier alpha value is -0.0862. The minimum absolute atomic E-state index is 0.00902. The smallest absolute Gasteiger partial charge is 0.191 e. The SMILES string of the molecule is C[C@H](CO[Si](C)(C)C(C)(C)C)[C@@H](O)[C@@H](C)C#C[Si](C)(C)C. The topological polar surface area (TPSA) is 29.5 Å². The van der Waals surface area contributed by atoms with E-state index in [1.165, 1.54) is 0 Å². The quantitative estimate of drug-likeness (QED) is 0.594. The highest BCUT2D eigenvalue weighted by atomic mass is 28.4. The molecule has 0 unspecified atom stereocenters. The Morgan fingerprint density at radius 2 is 1.52 bits per heavy atom. The lowest BCUT2D eigenvalue weighted by Crippen LogP contribution is -2.43. The average molecular weight is 329 g/mol. The normalized spacial score (nSPS) is 17.7. The van der Waals surface area contributed by atoms with Gasteiger partial charge in [-0.3, -0.25) is 0 Å². The van der Waals surface area contributed by atoms with Crippen molar-refractivity contribution in [3.63, 3.8) is 0 Å². The van der Waals surface area contributed by atoms with Gasteiger partial charge in [-0.25, -0.2) is 0 Å². The summed E-state index contributed by atoms with van der Waals surface area (Å²) < 4.78 is 6.21. The van der Waals surface area contributed by atoms with Crippen LogP contribution in [0.1, 0.15) is 34.6 Å². The molecule has 2 nitrogen and oxygen atoms in total.